The third-order valence-corrected chi connectivity index (χ3v) is 4.22. The quantitative estimate of drug-likeness (QED) is 0.507. The van der Waals surface area contributed by atoms with Gasteiger partial charge in [0.25, 0.3) is 0 Å². The maximum absolute atomic E-state index is 12.3. The molecule has 0 aliphatic rings. The van der Waals surface area contributed by atoms with Crippen molar-refractivity contribution in [2.24, 2.45) is 0 Å². The second-order valence-electron chi connectivity index (χ2n) is 4.50. The highest BCUT2D eigenvalue weighted by Crippen LogP contribution is 2.25. The van der Waals surface area contributed by atoms with Crippen LogP contribution in [0.2, 0.25) is 0 Å². The molecule has 120 valence electrons. The molecule has 1 aromatic carbocycles. The third kappa shape index (κ3) is 5.91. The Labute approximate surface area is 126 Å². The minimum absolute atomic E-state index is 0.0536. The molecule has 21 heavy (non-hydrogen) atoms. The zero-order valence-electron chi connectivity index (χ0n) is 12.6. The monoisotopic (exact) mass is 316 g/mol. The van der Waals surface area contributed by atoms with E-state index >= 15 is 0 Å². The van der Waals surface area contributed by atoms with Crippen LogP contribution in [0.3, 0.4) is 0 Å². The van der Waals surface area contributed by atoms with Crippen LogP contribution < -0.4 is 15.2 Å². The Kier molecular flexibility index (Phi) is 7.49. The van der Waals surface area contributed by atoms with Crippen molar-refractivity contribution < 1.29 is 17.9 Å². The van der Waals surface area contributed by atoms with Gasteiger partial charge in [0.15, 0.2) is 0 Å². The number of nitrogens with two attached hydrogens (primary N) is 1. The van der Waals surface area contributed by atoms with Gasteiger partial charge in [0.2, 0.25) is 10.0 Å². The standard InChI is InChI=1S/C14H24N2O4S/c1-3-5-9-19-10-8-16-21(17,18)14-11-12(15)6-7-13(14)20-4-2/h6-7,11,16H,3-5,8-10,15H2,1-2H3. The number of hydrogen-bond acceptors (Lipinski definition) is 5. The van der Waals surface area contributed by atoms with Crippen LogP contribution in [0, 0.1) is 0 Å². The molecule has 0 aliphatic carbocycles. The Hall–Kier alpha value is -1.31. The molecule has 3 N–H and O–H groups in total. The van der Waals surface area contributed by atoms with Crippen LogP contribution in [-0.2, 0) is 14.8 Å². The van der Waals surface area contributed by atoms with Crippen molar-refractivity contribution in [3.8, 4) is 5.75 Å². The van der Waals surface area contributed by atoms with Crippen LogP contribution in [-0.4, -0.2) is 34.8 Å². The summed E-state index contributed by atoms with van der Waals surface area (Å²) in [4.78, 5) is 0.0536. The third-order valence-electron chi connectivity index (χ3n) is 2.74. The molecule has 0 heterocycles. The minimum atomic E-state index is -3.66. The van der Waals surface area contributed by atoms with E-state index < -0.39 is 10.0 Å². The fourth-order valence-electron chi connectivity index (χ4n) is 1.68. The average Bonchev–Trinajstić information content (AvgIpc) is 2.45. The predicted octanol–water partition coefficient (Wildman–Crippen LogP) is 1.76. The Morgan fingerprint density at radius 3 is 2.67 bits per heavy atom. The molecule has 0 bridgehead atoms. The lowest BCUT2D eigenvalue weighted by atomic mass is 10.3. The van der Waals surface area contributed by atoms with E-state index in [9.17, 15) is 8.42 Å². The largest absolute Gasteiger partial charge is 0.492 e. The van der Waals surface area contributed by atoms with Gasteiger partial charge in [-0.3, -0.25) is 0 Å². The van der Waals surface area contributed by atoms with E-state index in [2.05, 4.69) is 11.6 Å². The summed E-state index contributed by atoms with van der Waals surface area (Å²) in [5.74, 6) is 0.297. The van der Waals surface area contributed by atoms with Crippen LogP contribution >= 0.6 is 0 Å². The fraction of sp³-hybridized carbons (Fsp3) is 0.571. The number of nitrogens with one attached hydrogen (secondary N) is 1. The molecule has 0 amide bonds. The van der Waals surface area contributed by atoms with Gasteiger partial charge in [0.1, 0.15) is 10.6 Å². The Bertz CT molecular complexity index is 532. The molecule has 0 aliphatic heterocycles. The highest BCUT2D eigenvalue weighted by Gasteiger charge is 2.19. The number of nitrogen functional groups attached to an aromatic ring is 1. The Morgan fingerprint density at radius 1 is 1.24 bits per heavy atom. The summed E-state index contributed by atoms with van der Waals surface area (Å²) in [5.41, 5.74) is 6.03. The van der Waals surface area contributed by atoms with Gasteiger partial charge in [-0.15, -0.1) is 0 Å². The van der Waals surface area contributed by atoms with Gasteiger partial charge in [-0.05, 0) is 31.5 Å². The van der Waals surface area contributed by atoms with Gasteiger partial charge in [0.05, 0.1) is 13.2 Å². The molecule has 0 saturated heterocycles. The van der Waals surface area contributed by atoms with Crippen LogP contribution in [0.15, 0.2) is 23.1 Å². The summed E-state index contributed by atoms with van der Waals surface area (Å²) in [6, 6.07) is 4.56. The van der Waals surface area contributed by atoms with Crippen molar-refractivity contribution >= 4 is 15.7 Å². The van der Waals surface area contributed by atoms with Crippen molar-refractivity contribution in [1.29, 1.82) is 0 Å². The second-order valence-corrected chi connectivity index (χ2v) is 6.24. The maximum Gasteiger partial charge on any atom is 0.244 e. The summed E-state index contributed by atoms with van der Waals surface area (Å²) < 4.78 is 37.7. The van der Waals surface area contributed by atoms with E-state index in [-0.39, 0.29) is 11.4 Å². The summed E-state index contributed by atoms with van der Waals surface area (Å²) >= 11 is 0. The van der Waals surface area contributed by atoms with E-state index in [0.717, 1.165) is 12.8 Å². The first-order valence-electron chi connectivity index (χ1n) is 7.11. The molecule has 0 radical (unpaired) electrons. The summed E-state index contributed by atoms with van der Waals surface area (Å²) in [7, 11) is -3.66. The first-order valence-corrected chi connectivity index (χ1v) is 8.59. The molecule has 0 atom stereocenters. The normalized spacial score (nSPS) is 11.5. The molecule has 0 saturated carbocycles. The average molecular weight is 316 g/mol. The number of sulfonamides is 1. The molecule has 7 heteroatoms. The lowest BCUT2D eigenvalue weighted by Gasteiger charge is -2.12. The van der Waals surface area contributed by atoms with Crippen molar-refractivity contribution in [3.63, 3.8) is 0 Å². The van der Waals surface area contributed by atoms with E-state index in [1.807, 2.05) is 0 Å². The van der Waals surface area contributed by atoms with Crippen LogP contribution in [0.4, 0.5) is 5.69 Å². The van der Waals surface area contributed by atoms with E-state index in [1.54, 1.807) is 19.1 Å². The number of ether oxygens (including phenoxy) is 2. The maximum atomic E-state index is 12.3. The summed E-state index contributed by atoms with van der Waals surface area (Å²) in [6.07, 6.45) is 2.02. The zero-order chi connectivity index (χ0) is 15.7. The molecule has 0 spiro atoms. The zero-order valence-corrected chi connectivity index (χ0v) is 13.4. The van der Waals surface area contributed by atoms with Gasteiger partial charge >= 0.3 is 0 Å². The topological polar surface area (TPSA) is 90.7 Å². The van der Waals surface area contributed by atoms with Crippen molar-refractivity contribution in [1.82, 2.24) is 4.72 Å². The summed E-state index contributed by atoms with van der Waals surface area (Å²) in [6.45, 7) is 5.44. The van der Waals surface area contributed by atoms with Crippen molar-refractivity contribution in [2.45, 2.75) is 31.6 Å². The lowest BCUT2D eigenvalue weighted by molar-refractivity contribution is 0.136. The first kappa shape index (κ1) is 17.7. The number of anilines is 1. The van der Waals surface area contributed by atoms with Gasteiger partial charge < -0.3 is 15.2 Å². The Balaban J connectivity index is 2.67. The van der Waals surface area contributed by atoms with E-state index in [4.69, 9.17) is 15.2 Å². The van der Waals surface area contributed by atoms with Gasteiger partial charge in [-0.1, -0.05) is 13.3 Å². The SMILES string of the molecule is CCCCOCCNS(=O)(=O)c1cc(N)ccc1OCC. The number of hydrogen-bond donors (Lipinski definition) is 2. The van der Waals surface area contributed by atoms with Crippen molar-refractivity contribution in [2.75, 3.05) is 32.1 Å². The van der Waals surface area contributed by atoms with Crippen LogP contribution in [0.25, 0.3) is 0 Å². The first-order chi connectivity index (χ1) is 10.0. The molecular formula is C14H24N2O4S. The minimum Gasteiger partial charge on any atom is -0.492 e. The predicted molar refractivity (Wildman–Crippen MR) is 82.9 cm³/mol. The van der Waals surface area contributed by atoms with Gasteiger partial charge in [-0.25, -0.2) is 13.1 Å². The molecule has 0 unspecified atom stereocenters. The molecule has 0 fully saturated rings. The molecule has 1 aromatic rings. The highest BCUT2D eigenvalue weighted by atomic mass is 32.2. The number of unbranched alkanes of at least 4 members (excludes halogenated alkanes) is 1. The summed E-state index contributed by atoms with van der Waals surface area (Å²) in [5, 5.41) is 0. The number of rotatable bonds is 10. The number of benzene rings is 1. The molecular weight excluding hydrogens is 292 g/mol. The van der Waals surface area contributed by atoms with E-state index in [0.29, 0.717) is 31.3 Å². The van der Waals surface area contributed by atoms with Gasteiger partial charge in [0, 0.05) is 18.8 Å². The molecule has 6 nitrogen and oxygen atoms in total. The van der Waals surface area contributed by atoms with Crippen LogP contribution in [0.1, 0.15) is 26.7 Å². The second kappa shape index (κ2) is 8.86. The Morgan fingerprint density at radius 2 is 2.00 bits per heavy atom. The molecule has 0 aromatic heterocycles. The highest BCUT2D eigenvalue weighted by molar-refractivity contribution is 7.89. The molecule has 1 rings (SSSR count). The fourth-order valence-corrected chi connectivity index (χ4v) is 2.87. The smallest absolute Gasteiger partial charge is 0.244 e. The van der Waals surface area contributed by atoms with Gasteiger partial charge in [-0.2, -0.15) is 0 Å². The van der Waals surface area contributed by atoms with Crippen molar-refractivity contribution in [3.05, 3.63) is 18.2 Å². The lowest BCUT2D eigenvalue weighted by Crippen LogP contribution is -2.28. The van der Waals surface area contributed by atoms with E-state index in [1.165, 1.54) is 6.07 Å². The van der Waals surface area contributed by atoms with Crippen LogP contribution in [0.5, 0.6) is 5.75 Å².